The minimum atomic E-state index is 0.402. The summed E-state index contributed by atoms with van der Waals surface area (Å²) in [6.45, 7) is 11.8. The lowest BCUT2D eigenvalue weighted by atomic mass is 9.68. The Kier molecular flexibility index (Phi) is 3.25. The van der Waals surface area contributed by atoms with Crippen molar-refractivity contribution in [3.05, 3.63) is 27.7 Å². The van der Waals surface area contributed by atoms with Crippen molar-refractivity contribution in [2.45, 2.75) is 59.9 Å². The summed E-state index contributed by atoms with van der Waals surface area (Å²) in [4.78, 5) is 0. The zero-order chi connectivity index (χ0) is 14.7. The largest absolute Gasteiger partial charge is 0.381 e. The molecule has 0 saturated heterocycles. The van der Waals surface area contributed by atoms with Gasteiger partial charge in [0, 0.05) is 16.2 Å². The van der Waals surface area contributed by atoms with Gasteiger partial charge < -0.3 is 5.32 Å². The minimum absolute atomic E-state index is 0.402. The van der Waals surface area contributed by atoms with Gasteiger partial charge in [0.1, 0.15) is 0 Å². The zero-order valence-corrected chi connectivity index (χ0v) is 14.9. The topological polar surface area (TPSA) is 12.0 Å². The van der Waals surface area contributed by atoms with Crippen LogP contribution in [0.2, 0.25) is 0 Å². The summed E-state index contributed by atoms with van der Waals surface area (Å²) < 4.78 is 1.18. The van der Waals surface area contributed by atoms with E-state index in [1.165, 1.54) is 40.5 Å². The monoisotopic (exact) mass is 335 g/mol. The first-order chi connectivity index (χ1) is 9.24. The Morgan fingerprint density at radius 1 is 1.15 bits per heavy atom. The number of halogens is 1. The van der Waals surface area contributed by atoms with Crippen LogP contribution >= 0.6 is 15.9 Å². The Labute approximate surface area is 131 Å². The van der Waals surface area contributed by atoms with Gasteiger partial charge in [0.25, 0.3) is 0 Å². The lowest BCUT2D eigenvalue weighted by Gasteiger charge is -2.44. The number of hydrogen-bond donors (Lipinski definition) is 1. The molecule has 0 heterocycles. The summed E-state index contributed by atoms with van der Waals surface area (Å²) in [6.07, 6.45) is 4.19. The van der Waals surface area contributed by atoms with Gasteiger partial charge in [0.2, 0.25) is 0 Å². The van der Waals surface area contributed by atoms with E-state index in [1.54, 1.807) is 0 Å². The number of rotatable bonds is 2. The van der Waals surface area contributed by atoms with Crippen LogP contribution in [0.15, 0.2) is 16.6 Å². The smallest absolute Gasteiger partial charge is 0.0402 e. The molecular formula is C18H26BrN. The van der Waals surface area contributed by atoms with Crippen molar-refractivity contribution in [2.75, 3.05) is 5.32 Å². The lowest BCUT2D eigenvalue weighted by Crippen LogP contribution is -2.46. The summed E-state index contributed by atoms with van der Waals surface area (Å²) in [5.74, 6) is 0.890. The van der Waals surface area contributed by atoms with Crippen molar-refractivity contribution in [1.82, 2.24) is 0 Å². The molecular weight excluding hydrogens is 310 g/mol. The van der Waals surface area contributed by atoms with Crippen LogP contribution in [0.4, 0.5) is 5.69 Å². The molecule has 1 N–H and O–H groups in total. The highest BCUT2D eigenvalue weighted by Crippen LogP contribution is 2.63. The first kappa shape index (κ1) is 14.4. The van der Waals surface area contributed by atoms with Crippen LogP contribution < -0.4 is 5.32 Å². The van der Waals surface area contributed by atoms with Crippen LogP contribution in [0, 0.1) is 30.6 Å². The fraction of sp³-hybridized carbons (Fsp3) is 0.667. The average molecular weight is 336 g/mol. The zero-order valence-electron chi connectivity index (χ0n) is 13.3. The van der Waals surface area contributed by atoms with E-state index >= 15 is 0 Å². The molecule has 2 saturated carbocycles. The number of hydrogen-bond acceptors (Lipinski definition) is 1. The van der Waals surface area contributed by atoms with E-state index in [0.29, 0.717) is 16.9 Å². The van der Waals surface area contributed by atoms with Gasteiger partial charge in [-0.25, -0.2) is 0 Å². The Morgan fingerprint density at radius 3 is 2.25 bits per heavy atom. The molecule has 2 aliphatic carbocycles. The van der Waals surface area contributed by atoms with Crippen molar-refractivity contribution in [2.24, 2.45) is 16.7 Å². The first-order valence-electron chi connectivity index (χ1n) is 7.77. The Bertz CT molecular complexity index is 521. The molecule has 1 nitrogen and oxygen atoms in total. The SMILES string of the molecule is Cc1cc(Br)cc(C)c1NC1C(C)(C)[C@H]2CC[C@]1(C)C2. The van der Waals surface area contributed by atoms with Crippen LogP contribution in [0.25, 0.3) is 0 Å². The van der Waals surface area contributed by atoms with Gasteiger partial charge >= 0.3 is 0 Å². The molecule has 2 fully saturated rings. The second kappa shape index (κ2) is 4.50. The van der Waals surface area contributed by atoms with Crippen molar-refractivity contribution < 1.29 is 0 Å². The first-order valence-corrected chi connectivity index (χ1v) is 8.56. The number of nitrogens with one attached hydrogen (secondary N) is 1. The third-order valence-electron chi connectivity index (χ3n) is 6.06. The summed E-state index contributed by atoms with van der Waals surface area (Å²) in [5.41, 5.74) is 4.91. The second-order valence-corrected chi connectivity index (χ2v) is 8.82. The summed E-state index contributed by atoms with van der Waals surface area (Å²) in [7, 11) is 0. The maximum Gasteiger partial charge on any atom is 0.0402 e. The lowest BCUT2D eigenvalue weighted by molar-refractivity contribution is 0.155. The molecule has 110 valence electrons. The molecule has 0 aromatic heterocycles. The van der Waals surface area contributed by atoms with Crippen molar-refractivity contribution in [1.29, 1.82) is 0 Å². The Morgan fingerprint density at radius 2 is 1.75 bits per heavy atom. The number of benzene rings is 1. The van der Waals surface area contributed by atoms with Gasteiger partial charge in [0.05, 0.1) is 0 Å². The second-order valence-electron chi connectivity index (χ2n) is 7.91. The molecule has 1 unspecified atom stereocenters. The Hall–Kier alpha value is -0.500. The van der Waals surface area contributed by atoms with Gasteiger partial charge in [-0.15, -0.1) is 0 Å². The predicted molar refractivity (Wildman–Crippen MR) is 90.3 cm³/mol. The van der Waals surface area contributed by atoms with Crippen LogP contribution in [-0.4, -0.2) is 6.04 Å². The molecule has 2 heteroatoms. The molecule has 0 aliphatic heterocycles. The molecule has 2 bridgehead atoms. The van der Waals surface area contributed by atoms with E-state index in [2.05, 4.69) is 68.0 Å². The molecule has 2 aliphatic rings. The highest BCUT2D eigenvalue weighted by molar-refractivity contribution is 9.10. The van der Waals surface area contributed by atoms with Gasteiger partial charge in [-0.2, -0.15) is 0 Å². The van der Waals surface area contributed by atoms with Crippen LogP contribution in [0.1, 0.15) is 51.2 Å². The molecule has 0 spiro atoms. The quantitative estimate of drug-likeness (QED) is 0.731. The van der Waals surface area contributed by atoms with Gasteiger partial charge in [-0.05, 0) is 73.1 Å². The fourth-order valence-corrected chi connectivity index (χ4v) is 5.63. The maximum atomic E-state index is 3.95. The van der Waals surface area contributed by atoms with E-state index in [9.17, 15) is 0 Å². The maximum absolute atomic E-state index is 3.95. The third kappa shape index (κ3) is 2.03. The average Bonchev–Trinajstić information content (AvgIpc) is 2.77. The summed E-state index contributed by atoms with van der Waals surface area (Å²) in [5, 5.41) is 3.95. The number of anilines is 1. The van der Waals surface area contributed by atoms with Gasteiger partial charge in [-0.3, -0.25) is 0 Å². The summed E-state index contributed by atoms with van der Waals surface area (Å²) in [6, 6.07) is 5.03. The molecule has 1 aromatic rings. The van der Waals surface area contributed by atoms with E-state index in [0.717, 1.165) is 5.92 Å². The number of fused-ring (bicyclic) bond motifs is 2. The normalized spacial score (nSPS) is 34.5. The predicted octanol–water partition coefficient (Wildman–Crippen LogP) is 5.69. The standard InChI is InChI=1S/C18H26BrN/c1-11-8-14(19)9-12(2)15(11)20-16-17(3,4)13-6-7-18(16,5)10-13/h8-9,13,16,20H,6-7,10H2,1-5H3/t13-,16?,18+/m0/s1. The van der Waals surface area contributed by atoms with Crippen molar-refractivity contribution in [3.63, 3.8) is 0 Å². The van der Waals surface area contributed by atoms with E-state index < -0.39 is 0 Å². The molecule has 3 atom stereocenters. The fourth-order valence-electron chi connectivity index (χ4n) is 4.94. The molecule has 0 radical (unpaired) electrons. The Balaban J connectivity index is 1.96. The molecule has 20 heavy (non-hydrogen) atoms. The minimum Gasteiger partial charge on any atom is -0.381 e. The van der Waals surface area contributed by atoms with E-state index in [-0.39, 0.29) is 0 Å². The number of aryl methyl sites for hydroxylation is 2. The van der Waals surface area contributed by atoms with Crippen molar-refractivity contribution >= 4 is 21.6 Å². The highest BCUT2D eigenvalue weighted by Gasteiger charge is 2.59. The van der Waals surface area contributed by atoms with Crippen LogP contribution in [0.3, 0.4) is 0 Å². The van der Waals surface area contributed by atoms with Crippen molar-refractivity contribution in [3.8, 4) is 0 Å². The molecule has 0 amide bonds. The van der Waals surface area contributed by atoms with E-state index in [4.69, 9.17) is 0 Å². The third-order valence-corrected chi connectivity index (χ3v) is 6.51. The highest BCUT2D eigenvalue weighted by atomic mass is 79.9. The van der Waals surface area contributed by atoms with Gasteiger partial charge in [-0.1, -0.05) is 36.7 Å². The molecule has 3 rings (SSSR count). The van der Waals surface area contributed by atoms with Gasteiger partial charge in [0.15, 0.2) is 0 Å². The molecule has 1 aromatic carbocycles. The van der Waals surface area contributed by atoms with Crippen LogP contribution in [-0.2, 0) is 0 Å². The summed E-state index contributed by atoms with van der Waals surface area (Å²) >= 11 is 3.60. The van der Waals surface area contributed by atoms with Crippen LogP contribution in [0.5, 0.6) is 0 Å². The van der Waals surface area contributed by atoms with E-state index in [1.807, 2.05) is 0 Å².